The van der Waals surface area contributed by atoms with E-state index in [-0.39, 0.29) is 11.9 Å². The molecule has 1 aromatic carbocycles. The average Bonchev–Trinajstić information content (AvgIpc) is 2.21. The molecule has 1 nitrogen and oxygen atoms in total. The molecule has 0 saturated carbocycles. The van der Waals surface area contributed by atoms with Gasteiger partial charge < -0.3 is 5.32 Å². The molecule has 1 atom stereocenters. The molecule has 0 aromatic heterocycles. The smallest absolute Gasteiger partial charge is 0.129 e. The maximum Gasteiger partial charge on any atom is 0.129 e. The van der Waals surface area contributed by atoms with Crippen LogP contribution in [-0.4, -0.2) is 7.05 Å². The van der Waals surface area contributed by atoms with Gasteiger partial charge in [0.05, 0.1) is 0 Å². The van der Waals surface area contributed by atoms with Crippen LogP contribution in [0.5, 0.6) is 0 Å². The van der Waals surface area contributed by atoms with Crippen molar-refractivity contribution < 1.29 is 4.39 Å². The summed E-state index contributed by atoms with van der Waals surface area (Å²) in [5.74, 6) is -0.139. The summed E-state index contributed by atoms with van der Waals surface area (Å²) < 4.78 is 14.4. The lowest BCUT2D eigenvalue weighted by atomic mass is 10.0. The summed E-state index contributed by atoms with van der Waals surface area (Å²) in [5, 5.41) is 3.16. The van der Waals surface area contributed by atoms with Gasteiger partial charge >= 0.3 is 0 Å². The van der Waals surface area contributed by atoms with Crippen molar-refractivity contribution in [1.82, 2.24) is 5.32 Å². The Bertz CT molecular complexity index is 314. The Morgan fingerprint density at radius 2 is 2.20 bits per heavy atom. The minimum atomic E-state index is -0.139. The molecule has 84 valence electrons. The zero-order valence-corrected chi connectivity index (χ0v) is 10.8. The van der Waals surface area contributed by atoms with E-state index in [1.54, 1.807) is 0 Å². The molecule has 0 aliphatic rings. The highest BCUT2D eigenvalue weighted by Gasteiger charge is 2.13. The van der Waals surface area contributed by atoms with Crippen LogP contribution in [0, 0.1) is 5.82 Å². The third-order valence-corrected chi connectivity index (χ3v) is 3.03. The van der Waals surface area contributed by atoms with Gasteiger partial charge in [-0.25, -0.2) is 4.39 Å². The maximum atomic E-state index is 13.6. The van der Waals surface area contributed by atoms with Crippen LogP contribution in [0.3, 0.4) is 0 Å². The van der Waals surface area contributed by atoms with Crippen molar-refractivity contribution in [1.29, 1.82) is 0 Å². The van der Waals surface area contributed by atoms with Crippen molar-refractivity contribution in [3.05, 3.63) is 34.1 Å². The Hall–Kier alpha value is -0.410. The molecule has 0 aliphatic heterocycles. The first kappa shape index (κ1) is 12.7. The summed E-state index contributed by atoms with van der Waals surface area (Å²) in [7, 11) is 1.88. The van der Waals surface area contributed by atoms with Crippen molar-refractivity contribution in [2.75, 3.05) is 7.05 Å². The fourth-order valence-corrected chi connectivity index (χ4v) is 1.98. The summed E-state index contributed by atoms with van der Waals surface area (Å²) in [6, 6.07) is 5.37. The third kappa shape index (κ3) is 3.58. The monoisotopic (exact) mass is 273 g/mol. The van der Waals surface area contributed by atoms with Crippen molar-refractivity contribution in [2.24, 2.45) is 0 Å². The summed E-state index contributed by atoms with van der Waals surface area (Å²) in [6.45, 7) is 2.14. The number of hydrogen-bond acceptors (Lipinski definition) is 1. The van der Waals surface area contributed by atoms with E-state index < -0.39 is 0 Å². The van der Waals surface area contributed by atoms with E-state index >= 15 is 0 Å². The quantitative estimate of drug-likeness (QED) is 0.854. The van der Waals surface area contributed by atoms with Crippen molar-refractivity contribution in [3.8, 4) is 0 Å². The van der Waals surface area contributed by atoms with Gasteiger partial charge in [0, 0.05) is 16.1 Å². The second-order valence-electron chi connectivity index (χ2n) is 3.65. The fourth-order valence-electron chi connectivity index (χ4n) is 1.65. The minimum Gasteiger partial charge on any atom is -0.313 e. The van der Waals surface area contributed by atoms with Crippen LogP contribution in [0.2, 0.25) is 0 Å². The molecule has 1 rings (SSSR count). The number of unbranched alkanes of at least 4 members (excludes halogenated alkanes) is 1. The van der Waals surface area contributed by atoms with Crippen molar-refractivity contribution in [2.45, 2.75) is 32.2 Å². The SMILES string of the molecule is CCCCC(NC)c1ccc(Br)cc1F. The van der Waals surface area contributed by atoms with Gasteiger partial charge in [0.25, 0.3) is 0 Å². The van der Waals surface area contributed by atoms with Gasteiger partial charge in [0.1, 0.15) is 5.82 Å². The van der Waals surface area contributed by atoms with Crippen molar-refractivity contribution >= 4 is 15.9 Å². The van der Waals surface area contributed by atoms with E-state index in [2.05, 4.69) is 28.2 Å². The topological polar surface area (TPSA) is 12.0 Å². The van der Waals surface area contributed by atoms with E-state index in [0.29, 0.717) is 0 Å². The highest BCUT2D eigenvalue weighted by atomic mass is 79.9. The molecule has 1 N–H and O–H groups in total. The van der Waals surface area contributed by atoms with Crippen LogP contribution in [0.1, 0.15) is 37.8 Å². The van der Waals surface area contributed by atoms with Crippen LogP contribution in [0.15, 0.2) is 22.7 Å². The van der Waals surface area contributed by atoms with Gasteiger partial charge in [-0.05, 0) is 25.6 Å². The van der Waals surface area contributed by atoms with Gasteiger partial charge in [-0.3, -0.25) is 0 Å². The van der Waals surface area contributed by atoms with Crippen LogP contribution >= 0.6 is 15.9 Å². The lowest BCUT2D eigenvalue weighted by Gasteiger charge is -2.17. The highest BCUT2D eigenvalue weighted by molar-refractivity contribution is 9.10. The summed E-state index contributed by atoms with van der Waals surface area (Å²) in [4.78, 5) is 0. The van der Waals surface area contributed by atoms with Gasteiger partial charge in [-0.1, -0.05) is 41.8 Å². The van der Waals surface area contributed by atoms with E-state index in [1.807, 2.05) is 19.2 Å². The Balaban J connectivity index is 2.81. The van der Waals surface area contributed by atoms with E-state index in [1.165, 1.54) is 6.07 Å². The molecule has 3 heteroatoms. The average molecular weight is 274 g/mol. The minimum absolute atomic E-state index is 0.123. The van der Waals surface area contributed by atoms with Crippen LogP contribution in [-0.2, 0) is 0 Å². The number of nitrogens with one attached hydrogen (secondary N) is 1. The van der Waals surface area contributed by atoms with E-state index in [0.717, 1.165) is 29.3 Å². The molecule has 0 amide bonds. The van der Waals surface area contributed by atoms with Crippen LogP contribution in [0.4, 0.5) is 4.39 Å². The van der Waals surface area contributed by atoms with Crippen LogP contribution in [0.25, 0.3) is 0 Å². The molecular weight excluding hydrogens is 257 g/mol. The number of hydrogen-bond donors (Lipinski definition) is 1. The molecule has 0 spiro atoms. The second kappa shape index (κ2) is 6.23. The van der Waals surface area contributed by atoms with Gasteiger partial charge in [0.2, 0.25) is 0 Å². The number of benzene rings is 1. The molecule has 0 fully saturated rings. The van der Waals surface area contributed by atoms with Crippen molar-refractivity contribution in [3.63, 3.8) is 0 Å². The highest BCUT2D eigenvalue weighted by Crippen LogP contribution is 2.24. The first-order valence-electron chi connectivity index (χ1n) is 5.31. The normalized spacial score (nSPS) is 12.8. The maximum absolute atomic E-state index is 13.6. The molecule has 0 bridgehead atoms. The van der Waals surface area contributed by atoms with Gasteiger partial charge in [-0.2, -0.15) is 0 Å². The standard InChI is InChI=1S/C12H17BrFN/c1-3-4-5-12(15-2)10-7-6-9(13)8-11(10)14/h6-8,12,15H,3-5H2,1-2H3. The van der Waals surface area contributed by atoms with E-state index in [9.17, 15) is 4.39 Å². The Morgan fingerprint density at radius 1 is 1.47 bits per heavy atom. The summed E-state index contributed by atoms with van der Waals surface area (Å²) in [5.41, 5.74) is 0.758. The third-order valence-electron chi connectivity index (χ3n) is 2.53. The Kier molecular flexibility index (Phi) is 5.26. The first-order chi connectivity index (χ1) is 7.19. The zero-order chi connectivity index (χ0) is 11.3. The Morgan fingerprint density at radius 3 is 2.73 bits per heavy atom. The Labute approximate surface area is 99.2 Å². The molecule has 1 unspecified atom stereocenters. The van der Waals surface area contributed by atoms with Gasteiger partial charge in [-0.15, -0.1) is 0 Å². The fraction of sp³-hybridized carbons (Fsp3) is 0.500. The number of halogens is 2. The molecule has 0 heterocycles. The van der Waals surface area contributed by atoms with E-state index in [4.69, 9.17) is 0 Å². The second-order valence-corrected chi connectivity index (χ2v) is 4.56. The van der Waals surface area contributed by atoms with Crippen LogP contribution < -0.4 is 5.32 Å². The lowest BCUT2D eigenvalue weighted by molar-refractivity contribution is 0.491. The summed E-state index contributed by atoms with van der Waals surface area (Å²) in [6.07, 6.45) is 3.23. The summed E-state index contributed by atoms with van der Waals surface area (Å²) >= 11 is 3.26. The predicted molar refractivity (Wildman–Crippen MR) is 65.4 cm³/mol. The molecule has 0 radical (unpaired) electrons. The lowest BCUT2D eigenvalue weighted by Crippen LogP contribution is -2.17. The zero-order valence-electron chi connectivity index (χ0n) is 9.19. The molecule has 0 aliphatic carbocycles. The molecule has 1 aromatic rings. The largest absolute Gasteiger partial charge is 0.313 e. The van der Waals surface area contributed by atoms with Gasteiger partial charge in [0.15, 0.2) is 0 Å². The molecule has 0 saturated heterocycles. The predicted octanol–water partition coefficient (Wildman–Crippen LogP) is 4.04. The molecule has 15 heavy (non-hydrogen) atoms. The number of rotatable bonds is 5. The first-order valence-corrected chi connectivity index (χ1v) is 6.10. The molecular formula is C12H17BrFN.